The minimum atomic E-state index is -1.47. The van der Waals surface area contributed by atoms with Crippen LogP contribution in [0.1, 0.15) is 31.7 Å². The number of benzene rings is 1. The van der Waals surface area contributed by atoms with Crippen molar-refractivity contribution in [1.29, 1.82) is 0 Å². The molecule has 0 fully saturated rings. The van der Waals surface area contributed by atoms with E-state index in [4.69, 9.17) is 22.3 Å². The molecule has 10 N–H and O–H groups in total. The lowest BCUT2D eigenvalue weighted by molar-refractivity contribution is -0.142. The Hall–Kier alpha value is -4.00. The minimum absolute atomic E-state index is 0.000115. The minimum Gasteiger partial charge on any atom is -0.480 e. The first-order chi connectivity index (χ1) is 15.9. The summed E-state index contributed by atoms with van der Waals surface area (Å²) in [5.41, 5.74) is 16.6. The number of carboxylic acid groups (broad SMARTS) is 1. The SMILES string of the molecule is CC(NC(=O)C(Cc1ccccc1)NC(=O)C(CC(N)=O)NC(=O)C(N)CCC(N)=O)C(=O)O. The molecular weight excluding hydrogens is 448 g/mol. The highest BCUT2D eigenvalue weighted by atomic mass is 16.4. The van der Waals surface area contributed by atoms with Crippen molar-refractivity contribution in [3.8, 4) is 0 Å². The van der Waals surface area contributed by atoms with Gasteiger partial charge in [0.15, 0.2) is 0 Å². The zero-order chi connectivity index (χ0) is 25.8. The van der Waals surface area contributed by atoms with Crippen molar-refractivity contribution >= 4 is 35.5 Å². The van der Waals surface area contributed by atoms with Crippen molar-refractivity contribution in [2.45, 2.75) is 56.8 Å². The molecule has 0 aliphatic carbocycles. The molecule has 5 amide bonds. The Kier molecular flexibility index (Phi) is 11.2. The van der Waals surface area contributed by atoms with E-state index in [2.05, 4.69) is 16.0 Å². The topological polar surface area (TPSA) is 237 Å². The fourth-order valence-electron chi connectivity index (χ4n) is 2.83. The number of rotatable bonds is 14. The Balaban J connectivity index is 3.02. The second-order valence-electron chi connectivity index (χ2n) is 7.66. The highest BCUT2D eigenvalue weighted by Gasteiger charge is 2.30. The number of nitrogens with two attached hydrogens (primary N) is 3. The quantitative estimate of drug-likeness (QED) is 0.148. The normalized spacial score (nSPS) is 14.1. The van der Waals surface area contributed by atoms with Crippen LogP contribution in [0, 0.1) is 0 Å². The Morgan fingerprint density at radius 1 is 0.853 bits per heavy atom. The predicted octanol–water partition coefficient (Wildman–Crippen LogP) is -2.74. The molecule has 1 rings (SSSR count). The summed E-state index contributed by atoms with van der Waals surface area (Å²) in [6.45, 7) is 1.26. The van der Waals surface area contributed by atoms with E-state index in [9.17, 15) is 28.8 Å². The van der Waals surface area contributed by atoms with Crippen molar-refractivity contribution in [1.82, 2.24) is 16.0 Å². The van der Waals surface area contributed by atoms with Crippen LogP contribution in [0.5, 0.6) is 0 Å². The number of carboxylic acids is 1. The summed E-state index contributed by atoms with van der Waals surface area (Å²) in [7, 11) is 0. The van der Waals surface area contributed by atoms with E-state index >= 15 is 0 Å². The third-order valence-corrected chi connectivity index (χ3v) is 4.72. The maximum atomic E-state index is 12.9. The van der Waals surface area contributed by atoms with Crippen molar-refractivity contribution in [3.05, 3.63) is 35.9 Å². The standard InChI is InChI=1S/C21H30N6O7/c1-11(21(33)34)25-19(31)14(9-12-5-3-2-4-6-12)27-20(32)15(10-17(24)29)26-18(30)13(22)7-8-16(23)28/h2-6,11,13-15H,7-10,22H2,1H3,(H2,23,28)(H2,24,29)(H,25,31)(H,26,30)(H,27,32)(H,33,34). The van der Waals surface area contributed by atoms with E-state index in [1.165, 1.54) is 6.92 Å². The molecule has 0 heterocycles. The largest absolute Gasteiger partial charge is 0.480 e. The first-order valence-corrected chi connectivity index (χ1v) is 10.4. The highest BCUT2D eigenvalue weighted by Crippen LogP contribution is 2.06. The van der Waals surface area contributed by atoms with Gasteiger partial charge in [0.05, 0.1) is 12.5 Å². The molecule has 0 aliphatic heterocycles. The summed E-state index contributed by atoms with van der Waals surface area (Å²) >= 11 is 0. The van der Waals surface area contributed by atoms with E-state index in [0.29, 0.717) is 5.56 Å². The molecule has 34 heavy (non-hydrogen) atoms. The van der Waals surface area contributed by atoms with Gasteiger partial charge in [-0.2, -0.15) is 0 Å². The highest BCUT2D eigenvalue weighted by molar-refractivity contribution is 5.96. The van der Waals surface area contributed by atoms with Crippen LogP contribution in [-0.2, 0) is 35.2 Å². The second-order valence-corrected chi connectivity index (χ2v) is 7.66. The predicted molar refractivity (Wildman–Crippen MR) is 119 cm³/mol. The monoisotopic (exact) mass is 478 g/mol. The summed E-state index contributed by atoms with van der Waals surface area (Å²) in [5.74, 6) is -5.37. The average Bonchev–Trinajstić information content (AvgIpc) is 2.76. The van der Waals surface area contributed by atoms with Gasteiger partial charge in [-0.1, -0.05) is 30.3 Å². The van der Waals surface area contributed by atoms with Gasteiger partial charge < -0.3 is 38.3 Å². The second kappa shape index (κ2) is 13.5. The molecule has 0 spiro atoms. The molecule has 13 nitrogen and oxygen atoms in total. The molecule has 4 unspecified atom stereocenters. The fraction of sp³-hybridized carbons (Fsp3) is 0.429. The van der Waals surface area contributed by atoms with Crippen LogP contribution in [0.2, 0.25) is 0 Å². The summed E-state index contributed by atoms with van der Waals surface area (Å²) in [4.78, 5) is 71.4. The lowest BCUT2D eigenvalue weighted by Gasteiger charge is -2.24. The number of amides is 5. The van der Waals surface area contributed by atoms with E-state index in [1.807, 2.05) is 0 Å². The van der Waals surface area contributed by atoms with Gasteiger partial charge in [0.2, 0.25) is 29.5 Å². The lowest BCUT2D eigenvalue weighted by Crippen LogP contribution is -2.58. The molecule has 13 heteroatoms. The van der Waals surface area contributed by atoms with Crippen LogP contribution in [0.4, 0.5) is 0 Å². The first-order valence-electron chi connectivity index (χ1n) is 10.4. The van der Waals surface area contributed by atoms with Crippen LogP contribution in [0.25, 0.3) is 0 Å². The smallest absolute Gasteiger partial charge is 0.325 e. The number of nitrogens with one attached hydrogen (secondary N) is 3. The molecule has 186 valence electrons. The zero-order valence-electron chi connectivity index (χ0n) is 18.7. The third-order valence-electron chi connectivity index (χ3n) is 4.72. The fourth-order valence-corrected chi connectivity index (χ4v) is 2.83. The van der Waals surface area contributed by atoms with Gasteiger partial charge in [-0.25, -0.2) is 0 Å². The lowest BCUT2D eigenvalue weighted by atomic mass is 10.0. The number of hydrogen-bond acceptors (Lipinski definition) is 7. The number of carbonyl (C=O) groups excluding carboxylic acids is 5. The van der Waals surface area contributed by atoms with Crippen molar-refractivity contribution in [2.75, 3.05) is 0 Å². The van der Waals surface area contributed by atoms with Gasteiger partial charge in [-0.05, 0) is 18.9 Å². The van der Waals surface area contributed by atoms with Crippen LogP contribution in [-0.4, -0.2) is 64.8 Å². The van der Waals surface area contributed by atoms with E-state index < -0.39 is 66.1 Å². The molecule has 0 aromatic heterocycles. The van der Waals surface area contributed by atoms with Crippen LogP contribution in [0.15, 0.2) is 30.3 Å². The molecule has 1 aromatic carbocycles. The summed E-state index contributed by atoms with van der Waals surface area (Å²) in [6.07, 6.45) is -0.841. The number of primary amides is 2. The molecule has 4 atom stereocenters. The third kappa shape index (κ3) is 10.1. The first kappa shape index (κ1) is 28.0. The molecule has 0 aliphatic rings. The Morgan fingerprint density at radius 2 is 1.41 bits per heavy atom. The molecule has 0 bridgehead atoms. The van der Waals surface area contributed by atoms with E-state index in [1.54, 1.807) is 30.3 Å². The van der Waals surface area contributed by atoms with Gasteiger partial charge in [0, 0.05) is 12.8 Å². The van der Waals surface area contributed by atoms with Crippen molar-refractivity contribution in [3.63, 3.8) is 0 Å². The summed E-state index contributed by atoms with van der Waals surface area (Å²) in [6, 6.07) is 3.48. The van der Waals surface area contributed by atoms with Gasteiger partial charge in [0.25, 0.3) is 0 Å². The molecule has 1 aromatic rings. The molecular formula is C21H30N6O7. The van der Waals surface area contributed by atoms with Crippen LogP contribution < -0.4 is 33.2 Å². The number of aliphatic carboxylic acids is 1. The average molecular weight is 479 g/mol. The van der Waals surface area contributed by atoms with Crippen LogP contribution in [0.3, 0.4) is 0 Å². The maximum absolute atomic E-state index is 12.9. The zero-order valence-corrected chi connectivity index (χ0v) is 18.7. The number of carbonyl (C=O) groups is 6. The maximum Gasteiger partial charge on any atom is 0.325 e. The van der Waals surface area contributed by atoms with Gasteiger partial charge in [-0.15, -0.1) is 0 Å². The van der Waals surface area contributed by atoms with Gasteiger partial charge >= 0.3 is 5.97 Å². The molecule has 0 saturated carbocycles. The Labute approximate surface area is 195 Å². The van der Waals surface area contributed by atoms with Gasteiger partial charge in [-0.3, -0.25) is 28.8 Å². The van der Waals surface area contributed by atoms with Gasteiger partial charge in [0.1, 0.15) is 18.1 Å². The molecule has 0 radical (unpaired) electrons. The Bertz CT molecular complexity index is 908. The van der Waals surface area contributed by atoms with Crippen molar-refractivity contribution in [2.24, 2.45) is 17.2 Å². The number of hydrogen-bond donors (Lipinski definition) is 7. The van der Waals surface area contributed by atoms with Crippen LogP contribution >= 0.6 is 0 Å². The van der Waals surface area contributed by atoms with E-state index in [-0.39, 0.29) is 19.3 Å². The van der Waals surface area contributed by atoms with Crippen molar-refractivity contribution < 1.29 is 33.9 Å². The summed E-state index contributed by atoms with van der Waals surface area (Å²) in [5, 5.41) is 16.0. The summed E-state index contributed by atoms with van der Waals surface area (Å²) < 4.78 is 0. The Morgan fingerprint density at radius 3 is 1.94 bits per heavy atom. The molecule has 0 saturated heterocycles. The van der Waals surface area contributed by atoms with E-state index in [0.717, 1.165) is 0 Å².